The lowest BCUT2D eigenvalue weighted by molar-refractivity contribution is -0.114. The number of aromatic nitrogens is 2. The topological polar surface area (TPSA) is 102 Å². The molecule has 1 N–H and O–H groups in total. The Morgan fingerprint density at radius 2 is 1.96 bits per heavy atom. The summed E-state index contributed by atoms with van der Waals surface area (Å²) in [6, 6.07) is 5.95. The van der Waals surface area contributed by atoms with Gasteiger partial charge in [0.05, 0.1) is 4.90 Å². The fourth-order valence-electron chi connectivity index (χ4n) is 1.85. The molecule has 130 valence electrons. The molecule has 0 fully saturated rings. The average Bonchev–Trinajstić information content (AvgIpc) is 2.94. The minimum absolute atomic E-state index is 0.0694. The van der Waals surface area contributed by atoms with Crippen LogP contribution in [-0.2, 0) is 20.4 Å². The highest BCUT2D eigenvalue weighted by atomic mass is 32.2. The van der Waals surface area contributed by atoms with Crippen LogP contribution in [0.2, 0.25) is 0 Å². The van der Waals surface area contributed by atoms with Crippen molar-refractivity contribution in [1.29, 1.82) is 0 Å². The van der Waals surface area contributed by atoms with E-state index in [2.05, 4.69) is 22.4 Å². The molecule has 0 atom stereocenters. The van der Waals surface area contributed by atoms with Gasteiger partial charge in [0.15, 0.2) is 9.84 Å². The number of hydrogen-bond acceptors (Lipinski definition) is 7. The Morgan fingerprint density at radius 1 is 1.25 bits per heavy atom. The summed E-state index contributed by atoms with van der Waals surface area (Å²) in [4.78, 5) is 11.1. The van der Waals surface area contributed by atoms with E-state index in [1.165, 1.54) is 43.0 Å². The molecule has 0 aliphatic rings. The highest BCUT2D eigenvalue weighted by Gasteiger charge is 2.20. The second-order valence-electron chi connectivity index (χ2n) is 5.13. The molecule has 0 radical (unpaired) electrons. The van der Waals surface area contributed by atoms with E-state index in [-0.39, 0.29) is 22.4 Å². The number of rotatable bonds is 8. The lowest BCUT2D eigenvalue weighted by Gasteiger charge is -2.04. The van der Waals surface area contributed by atoms with Crippen molar-refractivity contribution in [2.45, 2.75) is 42.6 Å². The standard InChI is InChI=1S/C15H19N3O4S2/c1-3-4-9-23-15-18-17-14(22-15)10-24(20,21)13-7-5-12(6-8-13)16-11(2)19/h5-8H,3-4,9-10H2,1-2H3,(H,16,19). The second-order valence-corrected chi connectivity index (χ2v) is 8.16. The van der Waals surface area contributed by atoms with Crippen molar-refractivity contribution < 1.29 is 17.6 Å². The van der Waals surface area contributed by atoms with E-state index in [0.717, 1.165) is 18.6 Å². The zero-order valence-electron chi connectivity index (χ0n) is 13.5. The van der Waals surface area contributed by atoms with Gasteiger partial charge in [-0.15, -0.1) is 10.2 Å². The van der Waals surface area contributed by atoms with Crippen LogP contribution in [0.5, 0.6) is 0 Å². The van der Waals surface area contributed by atoms with Crippen molar-refractivity contribution in [3.05, 3.63) is 30.2 Å². The summed E-state index contributed by atoms with van der Waals surface area (Å²) in [6.07, 6.45) is 2.10. The zero-order valence-corrected chi connectivity index (χ0v) is 15.1. The number of hydrogen-bond donors (Lipinski definition) is 1. The fourth-order valence-corrected chi connectivity index (χ4v) is 3.87. The van der Waals surface area contributed by atoms with Gasteiger partial charge in [-0.1, -0.05) is 25.1 Å². The minimum atomic E-state index is -3.59. The Kier molecular flexibility index (Phi) is 6.38. The summed E-state index contributed by atoms with van der Waals surface area (Å²) in [5.41, 5.74) is 0.536. The van der Waals surface area contributed by atoms with Gasteiger partial charge < -0.3 is 9.73 Å². The van der Waals surface area contributed by atoms with Gasteiger partial charge in [0.25, 0.3) is 5.22 Å². The molecule has 1 heterocycles. The maximum Gasteiger partial charge on any atom is 0.276 e. The third-order valence-electron chi connectivity index (χ3n) is 3.02. The van der Waals surface area contributed by atoms with Crippen molar-refractivity contribution in [1.82, 2.24) is 10.2 Å². The molecule has 2 aromatic rings. The normalized spacial score (nSPS) is 11.4. The molecular formula is C15H19N3O4S2. The van der Waals surface area contributed by atoms with Gasteiger partial charge in [-0.2, -0.15) is 0 Å². The van der Waals surface area contributed by atoms with Gasteiger partial charge in [0, 0.05) is 18.4 Å². The highest BCUT2D eigenvalue weighted by molar-refractivity contribution is 7.99. The van der Waals surface area contributed by atoms with Gasteiger partial charge in [0.2, 0.25) is 11.8 Å². The average molecular weight is 369 g/mol. The number of sulfone groups is 1. The van der Waals surface area contributed by atoms with E-state index in [4.69, 9.17) is 4.42 Å². The summed E-state index contributed by atoms with van der Waals surface area (Å²) >= 11 is 1.42. The number of carbonyl (C=O) groups excluding carboxylic acids is 1. The van der Waals surface area contributed by atoms with Crippen molar-refractivity contribution in [3.8, 4) is 0 Å². The van der Waals surface area contributed by atoms with Gasteiger partial charge in [0.1, 0.15) is 5.75 Å². The van der Waals surface area contributed by atoms with E-state index < -0.39 is 9.84 Å². The molecule has 1 aromatic heterocycles. The maximum absolute atomic E-state index is 12.4. The Balaban J connectivity index is 2.04. The SMILES string of the molecule is CCCCSc1nnc(CS(=O)(=O)c2ccc(NC(C)=O)cc2)o1. The third kappa shape index (κ3) is 5.34. The van der Waals surface area contributed by atoms with Gasteiger partial charge in [-0.05, 0) is 30.7 Å². The number of amides is 1. The van der Waals surface area contributed by atoms with Crippen LogP contribution in [0.1, 0.15) is 32.6 Å². The molecule has 1 amide bonds. The second kappa shape index (κ2) is 8.29. The van der Waals surface area contributed by atoms with E-state index in [1.54, 1.807) is 0 Å². The molecule has 0 unspecified atom stereocenters. The first-order valence-corrected chi connectivity index (χ1v) is 10.1. The summed E-state index contributed by atoms with van der Waals surface area (Å²) in [6.45, 7) is 3.47. The first-order chi connectivity index (χ1) is 11.4. The summed E-state index contributed by atoms with van der Waals surface area (Å²) < 4.78 is 30.1. The molecule has 0 bridgehead atoms. The molecule has 0 saturated heterocycles. The van der Waals surface area contributed by atoms with Crippen molar-refractivity contribution in [2.24, 2.45) is 0 Å². The zero-order chi connectivity index (χ0) is 17.6. The Hall–Kier alpha value is -1.87. The van der Waals surface area contributed by atoms with E-state index in [1.807, 2.05) is 0 Å². The largest absolute Gasteiger partial charge is 0.415 e. The van der Waals surface area contributed by atoms with Gasteiger partial charge in [-0.3, -0.25) is 4.79 Å². The Morgan fingerprint density at radius 3 is 2.58 bits per heavy atom. The lowest BCUT2D eigenvalue weighted by atomic mass is 10.3. The van der Waals surface area contributed by atoms with Crippen LogP contribution in [-0.4, -0.2) is 30.3 Å². The van der Waals surface area contributed by atoms with E-state index in [9.17, 15) is 13.2 Å². The van der Waals surface area contributed by atoms with Crippen LogP contribution in [0.25, 0.3) is 0 Å². The van der Waals surface area contributed by atoms with Crippen molar-refractivity contribution >= 4 is 33.2 Å². The first-order valence-electron chi connectivity index (χ1n) is 7.46. The fraction of sp³-hybridized carbons (Fsp3) is 0.400. The maximum atomic E-state index is 12.4. The molecule has 24 heavy (non-hydrogen) atoms. The van der Waals surface area contributed by atoms with Crippen LogP contribution in [0.4, 0.5) is 5.69 Å². The Bertz CT molecular complexity index is 785. The van der Waals surface area contributed by atoms with Gasteiger partial charge >= 0.3 is 0 Å². The van der Waals surface area contributed by atoms with E-state index >= 15 is 0 Å². The van der Waals surface area contributed by atoms with Crippen LogP contribution in [0.15, 0.2) is 38.8 Å². The predicted octanol–water partition coefficient (Wildman–Crippen LogP) is 2.89. The van der Waals surface area contributed by atoms with Crippen LogP contribution in [0, 0.1) is 0 Å². The number of nitrogens with one attached hydrogen (secondary N) is 1. The molecule has 7 nitrogen and oxygen atoms in total. The smallest absolute Gasteiger partial charge is 0.276 e. The quantitative estimate of drug-likeness (QED) is 0.564. The molecule has 0 saturated carbocycles. The number of nitrogens with zero attached hydrogens (tertiary/aromatic N) is 2. The molecule has 0 aliphatic carbocycles. The summed E-state index contributed by atoms with van der Waals surface area (Å²) in [5.74, 6) is 0.355. The van der Waals surface area contributed by atoms with Crippen LogP contribution in [0.3, 0.4) is 0 Å². The molecule has 0 aliphatic heterocycles. The molecule has 0 spiro atoms. The molecule has 2 rings (SSSR count). The van der Waals surface area contributed by atoms with Crippen molar-refractivity contribution in [2.75, 3.05) is 11.1 Å². The van der Waals surface area contributed by atoms with E-state index in [0.29, 0.717) is 10.9 Å². The predicted molar refractivity (Wildman–Crippen MR) is 91.6 cm³/mol. The number of carbonyl (C=O) groups is 1. The van der Waals surface area contributed by atoms with Crippen molar-refractivity contribution in [3.63, 3.8) is 0 Å². The Labute approximate surface area is 145 Å². The molecule has 1 aromatic carbocycles. The monoisotopic (exact) mass is 369 g/mol. The number of benzene rings is 1. The van der Waals surface area contributed by atoms with Crippen LogP contribution >= 0.6 is 11.8 Å². The number of anilines is 1. The number of thioether (sulfide) groups is 1. The minimum Gasteiger partial charge on any atom is -0.415 e. The highest BCUT2D eigenvalue weighted by Crippen LogP contribution is 2.21. The summed E-state index contributed by atoms with van der Waals surface area (Å²) in [5, 5.41) is 10.6. The first kappa shape index (κ1) is 18.5. The lowest BCUT2D eigenvalue weighted by Crippen LogP contribution is -2.07. The number of unbranched alkanes of at least 4 members (excludes halogenated alkanes) is 1. The molecule has 9 heteroatoms. The molecular weight excluding hydrogens is 350 g/mol. The summed E-state index contributed by atoms with van der Waals surface area (Å²) in [7, 11) is -3.59. The van der Waals surface area contributed by atoms with Crippen LogP contribution < -0.4 is 5.32 Å². The van der Waals surface area contributed by atoms with Gasteiger partial charge in [-0.25, -0.2) is 8.42 Å². The third-order valence-corrected chi connectivity index (χ3v) is 5.54.